The molecule has 0 aliphatic carbocycles. The molecule has 0 spiro atoms. The summed E-state index contributed by atoms with van der Waals surface area (Å²) in [6.07, 6.45) is 5.52. The van der Waals surface area contributed by atoms with Crippen molar-refractivity contribution in [2.45, 2.75) is 19.9 Å². The molecule has 7 heteroatoms. The average molecular weight is 383 g/mol. The monoisotopic (exact) mass is 382 g/mol. The lowest BCUT2D eigenvalue weighted by molar-refractivity contribution is -0.117. The molecule has 150 valence electrons. The van der Waals surface area contributed by atoms with Crippen LogP contribution >= 0.6 is 0 Å². The van der Waals surface area contributed by atoms with Gasteiger partial charge in [-0.3, -0.25) is 14.6 Å². The lowest BCUT2D eigenvalue weighted by atomic mass is 10.1. The van der Waals surface area contributed by atoms with Crippen molar-refractivity contribution in [2.75, 3.05) is 45.1 Å². The molecule has 28 heavy (non-hydrogen) atoms. The first-order chi connectivity index (χ1) is 13.4. The highest BCUT2D eigenvalue weighted by Gasteiger charge is 2.20. The quantitative estimate of drug-likeness (QED) is 0.588. The number of carbonyl (C=O) groups excluding carboxylic acids is 1. The van der Waals surface area contributed by atoms with Crippen molar-refractivity contribution in [1.82, 2.24) is 19.8 Å². The number of piperazine rings is 1. The maximum Gasteiger partial charge on any atom is 0.239 e. The maximum atomic E-state index is 12.4. The van der Waals surface area contributed by atoms with Crippen LogP contribution in [0.5, 0.6) is 0 Å². The van der Waals surface area contributed by atoms with E-state index in [1.54, 1.807) is 19.4 Å². The summed E-state index contributed by atoms with van der Waals surface area (Å²) in [6.45, 7) is 8.68. The minimum absolute atomic E-state index is 0.0225. The van der Waals surface area contributed by atoms with Gasteiger partial charge in [0.25, 0.3) is 0 Å². The predicted molar refractivity (Wildman–Crippen MR) is 115 cm³/mol. The first-order valence-electron chi connectivity index (χ1n) is 9.72. The van der Waals surface area contributed by atoms with E-state index in [2.05, 4.69) is 40.0 Å². The molecular formula is C21H30N6O. The van der Waals surface area contributed by atoms with E-state index in [0.717, 1.165) is 42.5 Å². The minimum Gasteiger partial charge on any atom is -0.321 e. The van der Waals surface area contributed by atoms with Gasteiger partial charge in [-0.15, -0.1) is 0 Å². The third-order valence-electron chi connectivity index (χ3n) is 5.02. The molecule has 1 aliphatic rings. The molecule has 1 fully saturated rings. The topological polar surface area (TPSA) is 77.7 Å². The molecule has 0 atom stereocenters. The molecule has 3 N–H and O–H groups in total. The minimum atomic E-state index is -0.0225. The molecule has 2 aromatic rings. The van der Waals surface area contributed by atoms with Gasteiger partial charge >= 0.3 is 0 Å². The van der Waals surface area contributed by atoms with E-state index in [1.165, 1.54) is 5.01 Å². The van der Waals surface area contributed by atoms with Gasteiger partial charge in [0.05, 0.1) is 6.54 Å². The SMILES string of the molecule is CC(C)N1CCN(CC(=O)Nc2cc3cc(/C=C/N(C)N)ccc3cn2)CC1. The molecule has 1 amide bonds. The second-order valence-corrected chi connectivity index (χ2v) is 7.61. The summed E-state index contributed by atoms with van der Waals surface area (Å²) >= 11 is 0. The molecular weight excluding hydrogens is 352 g/mol. The average Bonchev–Trinajstić information content (AvgIpc) is 2.66. The van der Waals surface area contributed by atoms with Gasteiger partial charge in [-0.25, -0.2) is 10.8 Å². The summed E-state index contributed by atoms with van der Waals surface area (Å²) in [4.78, 5) is 21.4. The van der Waals surface area contributed by atoms with E-state index in [9.17, 15) is 4.79 Å². The number of aromatic nitrogens is 1. The van der Waals surface area contributed by atoms with Gasteiger partial charge in [0.2, 0.25) is 5.91 Å². The number of rotatable bonds is 6. The largest absolute Gasteiger partial charge is 0.321 e. The molecule has 0 bridgehead atoms. The number of benzene rings is 1. The number of nitrogens with two attached hydrogens (primary N) is 1. The zero-order chi connectivity index (χ0) is 20.1. The van der Waals surface area contributed by atoms with E-state index in [1.807, 2.05) is 24.3 Å². The van der Waals surface area contributed by atoms with Crippen molar-refractivity contribution in [3.05, 3.63) is 42.2 Å². The van der Waals surface area contributed by atoms with Gasteiger partial charge in [-0.2, -0.15) is 0 Å². The number of nitrogens with zero attached hydrogens (tertiary/aromatic N) is 4. The Morgan fingerprint density at radius 2 is 2.00 bits per heavy atom. The predicted octanol–water partition coefficient (Wildman–Crippen LogP) is 1.98. The number of hydrazine groups is 1. The number of nitrogens with one attached hydrogen (secondary N) is 1. The van der Waals surface area contributed by atoms with E-state index < -0.39 is 0 Å². The van der Waals surface area contributed by atoms with Crippen LogP contribution < -0.4 is 11.2 Å². The molecule has 1 aromatic heterocycles. The Morgan fingerprint density at radius 3 is 2.68 bits per heavy atom. The van der Waals surface area contributed by atoms with Crippen LogP contribution in [0.2, 0.25) is 0 Å². The Kier molecular flexibility index (Phi) is 6.61. The van der Waals surface area contributed by atoms with Crippen LogP contribution in [0.15, 0.2) is 36.7 Å². The molecule has 7 nitrogen and oxygen atoms in total. The number of hydrogen-bond donors (Lipinski definition) is 2. The summed E-state index contributed by atoms with van der Waals surface area (Å²) in [7, 11) is 1.78. The van der Waals surface area contributed by atoms with E-state index >= 15 is 0 Å². The Balaban J connectivity index is 1.61. The zero-order valence-electron chi connectivity index (χ0n) is 16.9. The first kappa shape index (κ1) is 20.3. The lowest BCUT2D eigenvalue weighted by Crippen LogP contribution is -2.50. The normalized spacial score (nSPS) is 16.2. The van der Waals surface area contributed by atoms with E-state index in [0.29, 0.717) is 18.4 Å². The zero-order valence-corrected chi connectivity index (χ0v) is 16.9. The Bertz CT molecular complexity index is 840. The molecule has 3 rings (SSSR count). The third kappa shape index (κ3) is 5.51. The summed E-state index contributed by atoms with van der Waals surface area (Å²) in [5, 5.41) is 6.49. The van der Waals surface area contributed by atoms with Crippen LogP contribution in [0.3, 0.4) is 0 Å². The van der Waals surface area contributed by atoms with E-state index in [4.69, 9.17) is 5.84 Å². The number of fused-ring (bicyclic) bond motifs is 1. The highest BCUT2D eigenvalue weighted by atomic mass is 16.2. The second kappa shape index (κ2) is 9.14. The second-order valence-electron chi connectivity index (χ2n) is 7.61. The summed E-state index contributed by atoms with van der Waals surface area (Å²) in [5.41, 5.74) is 1.04. The number of amides is 1. The van der Waals surface area contributed by atoms with Crippen molar-refractivity contribution < 1.29 is 4.79 Å². The van der Waals surface area contributed by atoms with Gasteiger partial charge in [-0.05, 0) is 43.0 Å². The van der Waals surface area contributed by atoms with Crippen LogP contribution in [0.25, 0.3) is 16.8 Å². The highest BCUT2D eigenvalue weighted by Crippen LogP contribution is 2.19. The first-order valence-corrected chi connectivity index (χ1v) is 9.72. The third-order valence-corrected chi connectivity index (χ3v) is 5.02. The molecule has 2 heterocycles. The van der Waals surface area contributed by atoms with Crippen molar-refractivity contribution in [2.24, 2.45) is 5.84 Å². The summed E-state index contributed by atoms with van der Waals surface area (Å²) in [5.74, 6) is 6.17. The van der Waals surface area contributed by atoms with Crippen molar-refractivity contribution in [3.8, 4) is 0 Å². The van der Waals surface area contributed by atoms with Gasteiger partial charge in [0.15, 0.2) is 0 Å². The van der Waals surface area contributed by atoms with Crippen molar-refractivity contribution >= 4 is 28.6 Å². The Hall–Kier alpha value is -2.48. The fourth-order valence-electron chi connectivity index (χ4n) is 3.36. The standard InChI is InChI=1S/C21H30N6O/c1-16(2)27-10-8-26(9-11-27)15-21(28)24-20-13-19-12-17(6-7-25(3)22)4-5-18(19)14-23-20/h4-7,12-14,16H,8-11,15,22H2,1-3H3,(H,23,24,28)/b7-6+. The van der Waals surface area contributed by atoms with Crippen LogP contribution in [0.4, 0.5) is 5.82 Å². The molecule has 1 saturated heterocycles. The van der Waals surface area contributed by atoms with Gasteiger partial charge < -0.3 is 10.3 Å². The van der Waals surface area contributed by atoms with Crippen LogP contribution in [-0.4, -0.2) is 71.5 Å². The van der Waals surface area contributed by atoms with Crippen molar-refractivity contribution in [3.63, 3.8) is 0 Å². The van der Waals surface area contributed by atoms with Gasteiger partial charge in [0, 0.05) is 57.1 Å². The lowest BCUT2D eigenvalue weighted by Gasteiger charge is -2.36. The molecule has 1 aliphatic heterocycles. The van der Waals surface area contributed by atoms with Gasteiger partial charge in [0.1, 0.15) is 5.82 Å². The summed E-state index contributed by atoms with van der Waals surface area (Å²) < 4.78 is 0. The number of pyridine rings is 1. The number of hydrogen-bond acceptors (Lipinski definition) is 6. The fourth-order valence-corrected chi connectivity index (χ4v) is 3.36. The maximum absolute atomic E-state index is 12.4. The number of anilines is 1. The Morgan fingerprint density at radius 1 is 1.25 bits per heavy atom. The highest BCUT2D eigenvalue weighted by molar-refractivity contribution is 5.94. The van der Waals surface area contributed by atoms with Crippen LogP contribution in [0.1, 0.15) is 19.4 Å². The summed E-state index contributed by atoms with van der Waals surface area (Å²) in [6, 6.07) is 8.55. The molecule has 0 unspecified atom stereocenters. The van der Waals surface area contributed by atoms with Crippen LogP contribution in [0, 0.1) is 0 Å². The molecule has 0 radical (unpaired) electrons. The van der Waals surface area contributed by atoms with Gasteiger partial charge in [-0.1, -0.05) is 12.1 Å². The smallest absolute Gasteiger partial charge is 0.239 e. The fraction of sp³-hybridized carbons (Fsp3) is 0.429. The van der Waals surface area contributed by atoms with E-state index in [-0.39, 0.29) is 5.91 Å². The van der Waals surface area contributed by atoms with Crippen LogP contribution in [-0.2, 0) is 4.79 Å². The molecule has 0 saturated carbocycles. The number of carbonyl (C=O) groups is 1. The molecule has 1 aromatic carbocycles. The Labute approximate surface area is 166 Å². The van der Waals surface area contributed by atoms with Crippen molar-refractivity contribution in [1.29, 1.82) is 0 Å².